The van der Waals surface area contributed by atoms with Gasteiger partial charge < -0.3 is 24.8 Å². The molecule has 0 bridgehead atoms. The smallest absolute Gasteiger partial charge is 0.255 e. The molecule has 1 atom stereocenters. The van der Waals surface area contributed by atoms with Crippen LogP contribution in [0, 0.1) is 0 Å². The van der Waals surface area contributed by atoms with E-state index in [2.05, 4.69) is 26.6 Å². The number of ether oxygens (including phenoxy) is 3. The summed E-state index contributed by atoms with van der Waals surface area (Å²) in [6, 6.07) is 20.0. The summed E-state index contributed by atoms with van der Waals surface area (Å²) in [6.45, 7) is 1.86. The first kappa shape index (κ1) is 25.3. The SMILES string of the molecule is COc1cc(OC)cc(-c2nc3n(n2)C(c2ccc(Br)cc2)C(C(=O)Nc2ccccc2OC)=C(C)N3)c1. The fourth-order valence-corrected chi connectivity index (χ4v) is 4.66. The fraction of sp³-hybridized carbons (Fsp3) is 0.179. The van der Waals surface area contributed by atoms with Crippen molar-refractivity contribution in [3.05, 3.63) is 88.0 Å². The predicted octanol–water partition coefficient (Wildman–Crippen LogP) is 5.66. The number of hydrogen-bond acceptors (Lipinski definition) is 7. The van der Waals surface area contributed by atoms with Gasteiger partial charge in [-0.15, -0.1) is 5.10 Å². The van der Waals surface area contributed by atoms with E-state index >= 15 is 0 Å². The third kappa shape index (κ3) is 4.82. The van der Waals surface area contributed by atoms with Crippen molar-refractivity contribution in [2.75, 3.05) is 32.0 Å². The van der Waals surface area contributed by atoms with Gasteiger partial charge in [-0.2, -0.15) is 4.98 Å². The Morgan fingerprint density at radius 1 is 0.974 bits per heavy atom. The Morgan fingerprint density at radius 3 is 2.32 bits per heavy atom. The number of hydrogen-bond donors (Lipinski definition) is 2. The van der Waals surface area contributed by atoms with Gasteiger partial charge in [-0.05, 0) is 48.9 Å². The number of amides is 1. The molecule has 0 radical (unpaired) electrons. The Kier molecular flexibility index (Phi) is 7.06. The van der Waals surface area contributed by atoms with E-state index < -0.39 is 6.04 Å². The van der Waals surface area contributed by atoms with E-state index in [4.69, 9.17) is 24.3 Å². The van der Waals surface area contributed by atoms with Crippen molar-refractivity contribution in [1.29, 1.82) is 0 Å². The summed E-state index contributed by atoms with van der Waals surface area (Å²) >= 11 is 3.50. The number of benzene rings is 3. The van der Waals surface area contributed by atoms with Crippen molar-refractivity contribution in [2.24, 2.45) is 0 Å². The fourth-order valence-electron chi connectivity index (χ4n) is 4.39. The van der Waals surface area contributed by atoms with Gasteiger partial charge in [0, 0.05) is 21.8 Å². The van der Waals surface area contributed by atoms with Crippen LogP contribution in [0.15, 0.2) is 82.5 Å². The highest BCUT2D eigenvalue weighted by Crippen LogP contribution is 2.38. The molecule has 1 aliphatic heterocycles. The van der Waals surface area contributed by atoms with Gasteiger partial charge in [-0.1, -0.05) is 40.2 Å². The van der Waals surface area contributed by atoms with E-state index in [0.717, 1.165) is 15.6 Å². The molecule has 0 spiro atoms. The lowest BCUT2D eigenvalue weighted by atomic mass is 9.95. The average molecular weight is 576 g/mol. The molecular formula is C28H26BrN5O4. The van der Waals surface area contributed by atoms with Crippen LogP contribution in [0.2, 0.25) is 0 Å². The molecule has 0 saturated heterocycles. The molecule has 0 aliphatic carbocycles. The van der Waals surface area contributed by atoms with Gasteiger partial charge in [-0.3, -0.25) is 4.79 Å². The number of anilines is 2. The minimum atomic E-state index is -0.539. The molecule has 1 unspecified atom stereocenters. The number of carbonyl (C=O) groups excluding carboxylic acids is 1. The zero-order chi connectivity index (χ0) is 26.8. The second-order valence-corrected chi connectivity index (χ2v) is 9.49. The quantitative estimate of drug-likeness (QED) is 0.293. The Hall–Kier alpha value is -4.31. The maximum absolute atomic E-state index is 13.8. The molecule has 5 rings (SSSR count). The van der Waals surface area contributed by atoms with Gasteiger partial charge in [-0.25, -0.2) is 4.68 Å². The summed E-state index contributed by atoms with van der Waals surface area (Å²) in [7, 11) is 4.75. The summed E-state index contributed by atoms with van der Waals surface area (Å²) in [4.78, 5) is 18.5. The number of allylic oxidation sites excluding steroid dienone is 1. The minimum absolute atomic E-state index is 0.279. The van der Waals surface area contributed by atoms with Crippen LogP contribution in [-0.4, -0.2) is 42.0 Å². The topological polar surface area (TPSA) is 99.5 Å². The van der Waals surface area contributed by atoms with Crippen molar-refractivity contribution >= 4 is 33.5 Å². The maximum atomic E-state index is 13.8. The zero-order valence-corrected chi connectivity index (χ0v) is 22.9. The van der Waals surface area contributed by atoms with Gasteiger partial charge in [0.2, 0.25) is 5.95 Å². The third-order valence-electron chi connectivity index (χ3n) is 6.25. The molecule has 10 heteroatoms. The van der Waals surface area contributed by atoms with E-state index in [0.29, 0.717) is 46.0 Å². The molecule has 2 heterocycles. The lowest BCUT2D eigenvalue weighted by Gasteiger charge is -2.29. The number of carbonyl (C=O) groups is 1. The van der Waals surface area contributed by atoms with E-state index in [9.17, 15) is 4.79 Å². The first-order valence-electron chi connectivity index (χ1n) is 11.8. The molecule has 38 heavy (non-hydrogen) atoms. The predicted molar refractivity (Wildman–Crippen MR) is 149 cm³/mol. The highest BCUT2D eigenvalue weighted by molar-refractivity contribution is 9.10. The Morgan fingerprint density at radius 2 is 1.66 bits per heavy atom. The number of aromatic nitrogens is 3. The zero-order valence-electron chi connectivity index (χ0n) is 21.3. The normalized spacial score (nSPS) is 14.4. The van der Waals surface area contributed by atoms with Crippen LogP contribution >= 0.6 is 15.9 Å². The van der Waals surface area contributed by atoms with E-state index in [-0.39, 0.29) is 5.91 Å². The summed E-state index contributed by atoms with van der Waals surface area (Å²) in [5, 5.41) is 11.1. The van der Waals surface area contributed by atoms with E-state index in [1.54, 1.807) is 44.2 Å². The molecule has 1 aromatic heterocycles. The summed E-state index contributed by atoms with van der Waals surface area (Å²) in [5.74, 6) is 2.51. The summed E-state index contributed by atoms with van der Waals surface area (Å²) in [6.07, 6.45) is 0. The van der Waals surface area contributed by atoms with Crippen LogP contribution in [0.4, 0.5) is 11.6 Å². The summed E-state index contributed by atoms with van der Waals surface area (Å²) < 4.78 is 19.0. The number of rotatable bonds is 7. The monoisotopic (exact) mass is 575 g/mol. The number of halogens is 1. The standard InChI is InChI=1S/C28H26BrN5O4/c1-16-24(27(35)31-22-7-5-6-8-23(22)38-4)25(17-9-11-19(29)12-10-17)34-28(30-16)32-26(33-34)18-13-20(36-2)15-21(14-18)37-3/h5-15,25H,1-4H3,(H,31,35)(H,30,32,33). The third-order valence-corrected chi connectivity index (χ3v) is 6.78. The van der Waals surface area contributed by atoms with E-state index in [1.165, 1.54) is 0 Å². The molecular weight excluding hydrogens is 550 g/mol. The number of para-hydroxylation sites is 2. The van der Waals surface area contributed by atoms with Crippen LogP contribution in [0.25, 0.3) is 11.4 Å². The number of fused-ring (bicyclic) bond motifs is 1. The minimum Gasteiger partial charge on any atom is -0.497 e. The number of nitrogens with zero attached hydrogens (tertiary/aromatic N) is 3. The average Bonchev–Trinajstić information content (AvgIpc) is 3.36. The van der Waals surface area contributed by atoms with Gasteiger partial charge in [0.05, 0.1) is 32.6 Å². The van der Waals surface area contributed by atoms with Crippen molar-refractivity contribution < 1.29 is 19.0 Å². The first-order valence-corrected chi connectivity index (χ1v) is 12.6. The molecule has 194 valence electrons. The van der Waals surface area contributed by atoms with Crippen LogP contribution in [0.1, 0.15) is 18.5 Å². The molecule has 4 aromatic rings. The number of methoxy groups -OCH3 is 3. The van der Waals surface area contributed by atoms with E-state index in [1.807, 2.05) is 55.5 Å². The molecule has 0 saturated carbocycles. The highest BCUT2D eigenvalue weighted by atomic mass is 79.9. The van der Waals surface area contributed by atoms with Gasteiger partial charge in [0.15, 0.2) is 5.82 Å². The van der Waals surface area contributed by atoms with Crippen LogP contribution in [0.5, 0.6) is 17.2 Å². The lowest BCUT2D eigenvalue weighted by molar-refractivity contribution is -0.113. The molecule has 0 fully saturated rings. The van der Waals surface area contributed by atoms with Crippen LogP contribution in [-0.2, 0) is 4.79 Å². The van der Waals surface area contributed by atoms with Gasteiger partial charge in [0.1, 0.15) is 23.3 Å². The molecule has 9 nitrogen and oxygen atoms in total. The Bertz CT molecular complexity index is 1510. The highest BCUT2D eigenvalue weighted by Gasteiger charge is 2.35. The second kappa shape index (κ2) is 10.6. The maximum Gasteiger partial charge on any atom is 0.255 e. The Labute approximate surface area is 228 Å². The lowest BCUT2D eigenvalue weighted by Crippen LogP contribution is -2.31. The summed E-state index contributed by atoms with van der Waals surface area (Å²) in [5.41, 5.74) is 3.34. The molecule has 2 N–H and O–H groups in total. The molecule has 1 amide bonds. The molecule has 1 aliphatic rings. The first-order chi connectivity index (χ1) is 18.4. The van der Waals surface area contributed by atoms with Crippen molar-refractivity contribution in [3.8, 4) is 28.6 Å². The largest absolute Gasteiger partial charge is 0.497 e. The Balaban J connectivity index is 1.60. The second-order valence-electron chi connectivity index (χ2n) is 8.58. The molecule has 3 aromatic carbocycles. The van der Waals surface area contributed by atoms with Crippen molar-refractivity contribution in [3.63, 3.8) is 0 Å². The van der Waals surface area contributed by atoms with Crippen LogP contribution in [0.3, 0.4) is 0 Å². The van der Waals surface area contributed by atoms with Gasteiger partial charge in [0.25, 0.3) is 5.91 Å². The van der Waals surface area contributed by atoms with Crippen LogP contribution < -0.4 is 24.8 Å². The van der Waals surface area contributed by atoms with Crippen molar-refractivity contribution in [1.82, 2.24) is 14.8 Å². The van der Waals surface area contributed by atoms with Crippen molar-refractivity contribution in [2.45, 2.75) is 13.0 Å². The number of nitrogens with one attached hydrogen (secondary N) is 2. The van der Waals surface area contributed by atoms with Gasteiger partial charge >= 0.3 is 0 Å².